The number of rotatable bonds is 12. The summed E-state index contributed by atoms with van der Waals surface area (Å²) >= 11 is 6.50. The number of hydrogen-bond acceptors (Lipinski definition) is 9. The van der Waals surface area contributed by atoms with E-state index >= 15 is 0 Å². The summed E-state index contributed by atoms with van der Waals surface area (Å²) in [4.78, 5) is 41.1. The Hall–Kier alpha value is -4.78. The minimum atomic E-state index is -1.30. The SMILES string of the molecule is CCOc1cc(NC(=O)C[C@H]2O[C@H](c3cccc(OC)c3OC)c3cc(Cl)ccc3N(CC(C)(C)CO)C2=O)cc2cc(C(=O)O)oc12. The highest BCUT2D eigenvalue weighted by Crippen LogP contribution is 2.46. The summed E-state index contributed by atoms with van der Waals surface area (Å²) in [6.45, 7) is 5.57. The van der Waals surface area contributed by atoms with Crippen molar-refractivity contribution in [3.63, 3.8) is 0 Å². The van der Waals surface area contributed by atoms with Gasteiger partial charge in [-0.2, -0.15) is 0 Å². The fourth-order valence-electron chi connectivity index (χ4n) is 5.65. The van der Waals surface area contributed by atoms with E-state index in [0.717, 1.165) is 0 Å². The minimum Gasteiger partial charge on any atom is -0.493 e. The van der Waals surface area contributed by atoms with Gasteiger partial charge in [0.2, 0.25) is 11.7 Å². The van der Waals surface area contributed by atoms with Gasteiger partial charge in [-0.3, -0.25) is 9.59 Å². The van der Waals surface area contributed by atoms with E-state index in [9.17, 15) is 24.6 Å². The predicted octanol–water partition coefficient (Wildman–Crippen LogP) is 6.07. The number of carboxylic acids is 1. The van der Waals surface area contributed by atoms with Gasteiger partial charge in [0.15, 0.2) is 22.8 Å². The van der Waals surface area contributed by atoms with Crippen LogP contribution >= 0.6 is 11.6 Å². The van der Waals surface area contributed by atoms with Gasteiger partial charge in [-0.25, -0.2) is 4.79 Å². The summed E-state index contributed by atoms with van der Waals surface area (Å²) in [6.07, 6.45) is -2.61. The highest BCUT2D eigenvalue weighted by Gasteiger charge is 2.40. The van der Waals surface area contributed by atoms with E-state index in [1.165, 1.54) is 31.3 Å². The molecular formula is C35H37ClN2O10. The summed E-state index contributed by atoms with van der Waals surface area (Å²) in [5, 5.41) is 23.2. The third kappa shape index (κ3) is 7.05. The lowest BCUT2D eigenvalue weighted by Crippen LogP contribution is -2.46. The molecule has 3 N–H and O–H groups in total. The zero-order valence-electron chi connectivity index (χ0n) is 27.2. The summed E-state index contributed by atoms with van der Waals surface area (Å²) in [5.74, 6) is -1.51. The number of aliphatic hydroxyl groups is 1. The third-order valence-electron chi connectivity index (χ3n) is 7.88. The van der Waals surface area contributed by atoms with Crippen LogP contribution in [0.3, 0.4) is 0 Å². The first kappa shape index (κ1) is 34.6. The Morgan fingerprint density at radius 1 is 1.04 bits per heavy atom. The maximum absolute atomic E-state index is 14.4. The fourth-order valence-corrected chi connectivity index (χ4v) is 5.83. The van der Waals surface area contributed by atoms with Crippen molar-refractivity contribution < 1.29 is 48.0 Å². The molecule has 0 unspecified atom stereocenters. The van der Waals surface area contributed by atoms with Crippen molar-refractivity contribution in [3.05, 3.63) is 76.5 Å². The molecule has 1 aromatic heterocycles. The molecule has 2 heterocycles. The Bertz CT molecular complexity index is 1850. The van der Waals surface area contributed by atoms with E-state index < -0.39 is 41.8 Å². The molecular weight excluding hydrogens is 644 g/mol. The number of carboxylic acid groups (broad SMARTS) is 1. The summed E-state index contributed by atoms with van der Waals surface area (Å²) in [5.41, 5.74) is 1.42. The zero-order chi connectivity index (χ0) is 34.7. The first-order chi connectivity index (χ1) is 22.9. The molecule has 0 fully saturated rings. The molecule has 0 saturated heterocycles. The van der Waals surface area contributed by atoms with Gasteiger partial charge >= 0.3 is 5.97 Å². The van der Waals surface area contributed by atoms with Crippen LogP contribution in [0.5, 0.6) is 17.2 Å². The van der Waals surface area contributed by atoms with Crippen molar-refractivity contribution in [3.8, 4) is 17.2 Å². The standard InChI is InChI=1S/C35H37ClN2O10/c1-6-46-26-15-21(12-19-13-28(34(42)43)48-30(19)26)37-29(40)16-27-33(41)38(17-35(2,3)18-39)24-11-10-20(36)14-23(24)31(47-27)22-8-7-9-25(44-4)32(22)45-5/h7-15,27,31,39H,6,16-18H2,1-5H3,(H,37,40)(H,42,43)/t27-,31-/m1/s1. The van der Waals surface area contributed by atoms with Crippen LogP contribution in [0.25, 0.3) is 11.0 Å². The molecule has 0 saturated carbocycles. The smallest absolute Gasteiger partial charge is 0.371 e. The van der Waals surface area contributed by atoms with Crippen LogP contribution in [-0.4, -0.2) is 68.1 Å². The fraction of sp³-hybridized carbons (Fsp3) is 0.343. The number of amides is 2. The van der Waals surface area contributed by atoms with Gasteiger partial charge in [0.1, 0.15) is 12.2 Å². The number of carbonyl (C=O) groups is 3. The summed E-state index contributed by atoms with van der Waals surface area (Å²) in [6, 6.07) is 14.8. The van der Waals surface area contributed by atoms with Crippen molar-refractivity contribution in [2.24, 2.45) is 5.41 Å². The van der Waals surface area contributed by atoms with Crippen LogP contribution in [0.15, 0.2) is 59.0 Å². The highest BCUT2D eigenvalue weighted by atomic mass is 35.5. The molecule has 0 aliphatic carbocycles. The van der Waals surface area contributed by atoms with E-state index in [1.54, 1.807) is 49.4 Å². The van der Waals surface area contributed by atoms with Crippen molar-refractivity contribution >= 4 is 51.7 Å². The second kappa shape index (κ2) is 14.1. The van der Waals surface area contributed by atoms with Crippen LogP contribution in [0.2, 0.25) is 5.02 Å². The van der Waals surface area contributed by atoms with Crippen LogP contribution in [0.1, 0.15) is 55.0 Å². The molecule has 0 spiro atoms. The van der Waals surface area contributed by atoms with Crippen molar-refractivity contribution in [2.75, 3.05) is 44.2 Å². The number of furan rings is 1. The first-order valence-corrected chi connectivity index (χ1v) is 15.6. The van der Waals surface area contributed by atoms with Gasteiger partial charge in [-0.1, -0.05) is 37.6 Å². The number of aromatic carboxylic acids is 1. The Morgan fingerprint density at radius 2 is 1.81 bits per heavy atom. The molecule has 1 aliphatic rings. The molecule has 0 radical (unpaired) electrons. The lowest BCUT2D eigenvalue weighted by atomic mass is 9.92. The van der Waals surface area contributed by atoms with E-state index in [-0.39, 0.29) is 36.9 Å². The zero-order valence-corrected chi connectivity index (χ0v) is 27.9. The number of hydrogen-bond donors (Lipinski definition) is 3. The highest BCUT2D eigenvalue weighted by molar-refractivity contribution is 6.30. The quantitative estimate of drug-likeness (QED) is 0.160. The number of benzene rings is 3. The minimum absolute atomic E-state index is 0.112. The normalized spacial score (nSPS) is 16.3. The van der Waals surface area contributed by atoms with E-state index in [0.29, 0.717) is 44.4 Å². The molecule has 48 heavy (non-hydrogen) atoms. The number of ether oxygens (including phenoxy) is 4. The van der Waals surface area contributed by atoms with Gasteiger partial charge in [-0.15, -0.1) is 0 Å². The average molecular weight is 681 g/mol. The lowest BCUT2D eigenvalue weighted by molar-refractivity contribution is -0.136. The van der Waals surface area contributed by atoms with Gasteiger partial charge in [0.25, 0.3) is 5.91 Å². The number of anilines is 2. The molecule has 254 valence electrons. The molecule has 2 atom stereocenters. The van der Waals surface area contributed by atoms with Crippen molar-refractivity contribution in [1.29, 1.82) is 0 Å². The van der Waals surface area contributed by atoms with Crippen LogP contribution < -0.4 is 24.4 Å². The van der Waals surface area contributed by atoms with E-state index in [1.807, 2.05) is 13.8 Å². The number of nitrogens with one attached hydrogen (secondary N) is 1. The number of aliphatic hydroxyl groups excluding tert-OH is 1. The molecule has 1 aliphatic heterocycles. The lowest BCUT2D eigenvalue weighted by Gasteiger charge is -2.32. The largest absolute Gasteiger partial charge is 0.493 e. The number of nitrogens with zero attached hydrogens (tertiary/aromatic N) is 1. The summed E-state index contributed by atoms with van der Waals surface area (Å²) < 4.78 is 29.0. The number of para-hydroxylation sites is 1. The Balaban J connectivity index is 1.56. The summed E-state index contributed by atoms with van der Waals surface area (Å²) in [7, 11) is 3.01. The monoisotopic (exact) mass is 680 g/mol. The Kier molecular flexibility index (Phi) is 10.2. The average Bonchev–Trinajstić information content (AvgIpc) is 3.46. The third-order valence-corrected chi connectivity index (χ3v) is 8.12. The van der Waals surface area contributed by atoms with Gasteiger partial charge in [0.05, 0.1) is 27.2 Å². The van der Waals surface area contributed by atoms with Crippen molar-refractivity contribution in [2.45, 2.75) is 39.4 Å². The first-order valence-electron chi connectivity index (χ1n) is 15.2. The molecule has 0 bridgehead atoms. The van der Waals surface area contributed by atoms with Crippen LogP contribution in [-0.2, 0) is 14.3 Å². The van der Waals surface area contributed by atoms with Crippen LogP contribution in [0.4, 0.5) is 11.4 Å². The Labute approximate surface area is 282 Å². The van der Waals surface area contributed by atoms with Gasteiger partial charge in [0, 0.05) is 57.5 Å². The maximum Gasteiger partial charge on any atom is 0.371 e. The number of fused-ring (bicyclic) bond motifs is 2. The Morgan fingerprint density at radius 3 is 2.48 bits per heavy atom. The second-order valence-electron chi connectivity index (χ2n) is 12.0. The van der Waals surface area contributed by atoms with Gasteiger partial charge in [-0.05, 0) is 43.3 Å². The number of carbonyl (C=O) groups excluding carboxylic acids is 2. The van der Waals surface area contributed by atoms with Crippen molar-refractivity contribution in [1.82, 2.24) is 0 Å². The van der Waals surface area contributed by atoms with E-state index in [2.05, 4.69) is 5.32 Å². The number of halogens is 1. The number of methoxy groups -OCH3 is 2. The second-order valence-corrected chi connectivity index (χ2v) is 12.5. The molecule has 4 aromatic rings. The molecule has 2 amide bonds. The van der Waals surface area contributed by atoms with Crippen LogP contribution in [0, 0.1) is 5.41 Å². The van der Waals surface area contributed by atoms with E-state index in [4.69, 9.17) is 35.0 Å². The molecule has 5 rings (SSSR count). The maximum atomic E-state index is 14.4. The molecule has 13 heteroatoms. The topological polar surface area (TPSA) is 157 Å². The molecule has 3 aromatic carbocycles. The van der Waals surface area contributed by atoms with Gasteiger partial charge < -0.3 is 43.8 Å². The predicted molar refractivity (Wildman–Crippen MR) is 179 cm³/mol. The molecule has 12 nitrogen and oxygen atoms in total.